The number of benzene rings is 1. The molecule has 0 bridgehead atoms. The minimum Gasteiger partial charge on any atom is -0.322 e. The van der Waals surface area contributed by atoms with Gasteiger partial charge in [-0.1, -0.05) is 25.1 Å². The highest BCUT2D eigenvalue weighted by molar-refractivity contribution is 5.37. The normalized spacial score (nSPS) is 19.1. The van der Waals surface area contributed by atoms with Gasteiger partial charge in [-0.05, 0) is 49.3 Å². The van der Waals surface area contributed by atoms with Crippen molar-refractivity contribution < 1.29 is 0 Å². The molecule has 2 N–H and O–H groups in total. The van der Waals surface area contributed by atoms with Crippen LogP contribution >= 0.6 is 0 Å². The van der Waals surface area contributed by atoms with Gasteiger partial charge < -0.3 is 5.73 Å². The predicted molar refractivity (Wildman–Crippen MR) is 60.3 cm³/mol. The van der Waals surface area contributed by atoms with Crippen LogP contribution in [0.15, 0.2) is 18.2 Å². The summed E-state index contributed by atoms with van der Waals surface area (Å²) in [6.45, 7) is 4.26. The summed E-state index contributed by atoms with van der Waals surface area (Å²) in [7, 11) is 0. The highest BCUT2D eigenvalue weighted by Gasteiger charge is 2.20. The molecule has 0 aromatic heterocycles. The van der Waals surface area contributed by atoms with E-state index in [-0.39, 0.29) is 5.54 Å². The van der Waals surface area contributed by atoms with E-state index in [0.717, 1.165) is 6.42 Å². The molecule has 76 valence electrons. The fourth-order valence-corrected chi connectivity index (χ4v) is 2.13. The highest BCUT2D eigenvalue weighted by atomic mass is 14.7. The minimum absolute atomic E-state index is 0.155. The van der Waals surface area contributed by atoms with Crippen molar-refractivity contribution in [2.24, 2.45) is 5.73 Å². The molecule has 1 nitrogen and oxygen atoms in total. The van der Waals surface area contributed by atoms with Gasteiger partial charge in [0.15, 0.2) is 0 Å². The first kappa shape index (κ1) is 9.72. The van der Waals surface area contributed by atoms with Crippen molar-refractivity contribution in [1.82, 2.24) is 0 Å². The Bertz CT molecular complexity index is 339. The molecular weight excluding hydrogens is 170 g/mol. The average molecular weight is 189 g/mol. The maximum Gasteiger partial charge on any atom is 0.0378 e. The molecule has 1 heteroatoms. The van der Waals surface area contributed by atoms with Crippen LogP contribution in [0.3, 0.4) is 0 Å². The van der Waals surface area contributed by atoms with Gasteiger partial charge in [-0.15, -0.1) is 0 Å². The third-order valence-corrected chi connectivity index (χ3v) is 3.49. The topological polar surface area (TPSA) is 26.0 Å². The van der Waals surface area contributed by atoms with Gasteiger partial charge in [0.2, 0.25) is 0 Å². The lowest BCUT2D eigenvalue weighted by atomic mass is 9.89. The third-order valence-electron chi connectivity index (χ3n) is 3.49. The molecule has 0 saturated heterocycles. The Morgan fingerprint density at radius 2 is 2.00 bits per heavy atom. The first-order valence-corrected chi connectivity index (χ1v) is 5.54. The van der Waals surface area contributed by atoms with Gasteiger partial charge in [0.05, 0.1) is 0 Å². The molecule has 1 unspecified atom stereocenters. The van der Waals surface area contributed by atoms with Gasteiger partial charge in [0.1, 0.15) is 0 Å². The van der Waals surface area contributed by atoms with Crippen molar-refractivity contribution in [3.8, 4) is 0 Å². The van der Waals surface area contributed by atoms with Crippen LogP contribution in [0.25, 0.3) is 0 Å². The fraction of sp³-hybridized carbons (Fsp3) is 0.538. The Hall–Kier alpha value is -0.820. The second-order valence-corrected chi connectivity index (χ2v) is 4.61. The summed E-state index contributed by atoms with van der Waals surface area (Å²) < 4.78 is 0. The van der Waals surface area contributed by atoms with Crippen LogP contribution in [0.4, 0.5) is 0 Å². The summed E-state index contributed by atoms with van der Waals surface area (Å²) in [6, 6.07) is 6.78. The van der Waals surface area contributed by atoms with Gasteiger partial charge in [0.25, 0.3) is 0 Å². The molecular formula is C13H19N. The number of rotatable bonds is 2. The zero-order valence-electron chi connectivity index (χ0n) is 9.14. The van der Waals surface area contributed by atoms with E-state index in [1.807, 2.05) is 0 Å². The molecule has 1 aromatic carbocycles. The Morgan fingerprint density at radius 1 is 1.29 bits per heavy atom. The van der Waals surface area contributed by atoms with Crippen LogP contribution in [0.1, 0.15) is 43.4 Å². The SMILES string of the molecule is CCC(C)(N)c1ccc2c(c1)CCC2. The second-order valence-electron chi connectivity index (χ2n) is 4.61. The monoisotopic (exact) mass is 189 g/mol. The quantitative estimate of drug-likeness (QED) is 0.760. The lowest BCUT2D eigenvalue weighted by Gasteiger charge is -2.24. The van der Waals surface area contributed by atoms with Gasteiger partial charge in [-0.3, -0.25) is 0 Å². The molecule has 0 aliphatic heterocycles. The molecule has 2 rings (SSSR count). The van der Waals surface area contributed by atoms with Crippen LogP contribution in [0, 0.1) is 0 Å². The van der Waals surface area contributed by atoms with Crippen LogP contribution in [0.2, 0.25) is 0 Å². The third kappa shape index (κ3) is 1.57. The molecule has 1 atom stereocenters. The molecule has 0 radical (unpaired) electrons. The summed E-state index contributed by atoms with van der Waals surface area (Å²) in [5.74, 6) is 0. The van der Waals surface area contributed by atoms with Gasteiger partial charge in [0, 0.05) is 5.54 Å². The van der Waals surface area contributed by atoms with E-state index < -0.39 is 0 Å². The number of aryl methyl sites for hydroxylation is 2. The Labute approximate surface area is 86.3 Å². The van der Waals surface area contributed by atoms with Gasteiger partial charge >= 0.3 is 0 Å². The molecule has 0 heterocycles. The van der Waals surface area contributed by atoms with Crippen molar-refractivity contribution in [3.63, 3.8) is 0 Å². The first-order valence-electron chi connectivity index (χ1n) is 5.54. The number of hydrogen-bond acceptors (Lipinski definition) is 1. The molecule has 1 aliphatic carbocycles. The number of fused-ring (bicyclic) bond motifs is 1. The molecule has 1 aromatic rings. The number of nitrogens with two attached hydrogens (primary N) is 1. The summed E-state index contributed by atoms with van der Waals surface area (Å²) in [6.07, 6.45) is 4.80. The van der Waals surface area contributed by atoms with Crippen LogP contribution in [-0.2, 0) is 18.4 Å². The van der Waals surface area contributed by atoms with Gasteiger partial charge in [-0.2, -0.15) is 0 Å². The van der Waals surface area contributed by atoms with E-state index in [2.05, 4.69) is 32.0 Å². The molecule has 1 aliphatic rings. The largest absolute Gasteiger partial charge is 0.322 e. The van der Waals surface area contributed by atoms with E-state index in [4.69, 9.17) is 5.73 Å². The highest BCUT2D eigenvalue weighted by Crippen LogP contribution is 2.28. The zero-order chi connectivity index (χ0) is 10.2. The zero-order valence-corrected chi connectivity index (χ0v) is 9.14. The maximum atomic E-state index is 6.23. The predicted octanol–water partition coefficient (Wildman–Crippen LogP) is 2.76. The van der Waals surface area contributed by atoms with Crippen molar-refractivity contribution in [2.75, 3.05) is 0 Å². The van der Waals surface area contributed by atoms with Crippen molar-refractivity contribution in [2.45, 2.75) is 45.1 Å². The van der Waals surface area contributed by atoms with E-state index in [1.165, 1.54) is 36.0 Å². The van der Waals surface area contributed by atoms with E-state index in [9.17, 15) is 0 Å². The van der Waals surface area contributed by atoms with Gasteiger partial charge in [-0.25, -0.2) is 0 Å². The Balaban J connectivity index is 2.38. The van der Waals surface area contributed by atoms with Crippen LogP contribution in [0.5, 0.6) is 0 Å². The van der Waals surface area contributed by atoms with E-state index >= 15 is 0 Å². The van der Waals surface area contributed by atoms with Crippen LogP contribution < -0.4 is 5.73 Å². The average Bonchev–Trinajstić information content (AvgIpc) is 2.64. The Kier molecular flexibility index (Phi) is 2.36. The standard InChI is InChI=1S/C13H19N/c1-3-13(2,14)12-8-7-10-5-4-6-11(10)9-12/h7-9H,3-6,14H2,1-2H3. The first-order chi connectivity index (χ1) is 6.63. The fourth-order valence-electron chi connectivity index (χ4n) is 2.13. The smallest absolute Gasteiger partial charge is 0.0378 e. The molecule has 0 fully saturated rings. The van der Waals surface area contributed by atoms with Crippen molar-refractivity contribution >= 4 is 0 Å². The lowest BCUT2D eigenvalue weighted by molar-refractivity contribution is 0.476. The summed E-state index contributed by atoms with van der Waals surface area (Å²) in [4.78, 5) is 0. The summed E-state index contributed by atoms with van der Waals surface area (Å²) >= 11 is 0. The van der Waals surface area contributed by atoms with E-state index in [1.54, 1.807) is 0 Å². The van der Waals surface area contributed by atoms with Crippen molar-refractivity contribution in [1.29, 1.82) is 0 Å². The van der Waals surface area contributed by atoms with E-state index in [0.29, 0.717) is 0 Å². The second kappa shape index (κ2) is 3.39. The molecule has 0 spiro atoms. The summed E-state index contributed by atoms with van der Waals surface area (Å²) in [5, 5.41) is 0. The maximum absolute atomic E-state index is 6.23. The lowest BCUT2D eigenvalue weighted by Crippen LogP contribution is -2.32. The number of hydrogen-bond donors (Lipinski definition) is 1. The minimum atomic E-state index is -0.155. The molecule has 0 saturated carbocycles. The van der Waals surface area contributed by atoms with Crippen molar-refractivity contribution in [3.05, 3.63) is 34.9 Å². The molecule has 14 heavy (non-hydrogen) atoms. The Morgan fingerprint density at radius 3 is 2.71 bits per heavy atom. The summed E-state index contributed by atoms with van der Waals surface area (Å²) in [5.41, 5.74) is 10.4. The molecule has 0 amide bonds. The van der Waals surface area contributed by atoms with Crippen LogP contribution in [-0.4, -0.2) is 0 Å².